The third kappa shape index (κ3) is 2.77. The van der Waals surface area contributed by atoms with Gasteiger partial charge in [-0.1, -0.05) is 47.5 Å². The summed E-state index contributed by atoms with van der Waals surface area (Å²) in [7, 11) is 0. The van der Waals surface area contributed by atoms with Crippen molar-refractivity contribution in [1.82, 2.24) is 0 Å². The summed E-state index contributed by atoms with van der Waals surface area (Å²) < 4.78 is 0. The summed E-state index contributed by atoms with van der Waals surface area (Å²) in [5.41, 5.74) is 4.16. The van der Waals surface area contributed by atoms with E-state index >= 15 is 0 Å². The minimum absolute atomic E-state index is 0.922. The fourth-order valence-corrected chi connectivity index (χ4v) is 1.11. The zero-order valence-corrected chi connectivity index (χ0v) is 7.31. The van der Waals surface area contributed by atoms with Crippen molar-refractivity contribution in [2.45, 2.75) is 13.3 Å². The molecular formula is C10H11Cl. The second-order valence-corrected chi connectivity index (χ2v) is 2.81. The van der Waals surface area contributed by atoms with Crippen molar-refractivity contribution in [3.05, 3.63) is 47.0 Å². The maximum Gasteiger partial charge on any atom is 0.000580 e. The Morgan fingerprint density at radius 1 is 1.45 bits per heavy atom. The van der Waals surface area contributed by atoms with Crippen molar-refractivity contribution in [2.75, 3.05) is 0 Å². The fraction of sp³-hybridized carbons (Fsp3) is 0.200. The fourth-order valence-electron chi connectivity index (χ4n) is 1.02. The molecule has 58 valence electrons. The van der Waals surface area contributed by atoms with Crippen molar-refractivity contribution in [3.8, 4) is 0 Å². The van der Waals surface area contributed by atoms with Gasteiger partial charge in [-0.15, -0.1) is 0 Å². The molecule has 0 nitrogen and oxygen atoms in total. The number of hydrogen-bond acceptors (Lipinski definition) is 0. The first kappa shape index (κ1) is 8.35. The molecule has 0 aliphatic carbocycles. The highest BCUT2D eigenvalue weighted by atomic mass is 35.5. The number of aryl methyl sites for hydroxylation is 1. The molecule has 1 rings (SSSR count). The van der Waals surface area contributed by atoms with E-state index in [1.165, 1.54) is 11.1 Å². The average Bonchev–Trinajstić information content (AvgIpc) is 2.01. The Morgan fingerprint density at radius 3 is 2.91 bits per heavy atom. The van der Waals surface area contributed by atoms with Gasteiger partial charge in [0, 0.05) is 5.54 Å². The third-order valence-electron chi connectivity index (χ3n) is 1.53. The Kier molecular flexibility index (Phi) is 3.18. The first-order valence-corrected chi connectivity index (χ1v) is 4.07. The van der Waals surface area contributed by atoms with Gasteiger partial charge in [-0.25, -0.2) is 0 Å². The van der Waals surface area contributed by atoms with Crippen LogP contribution in [0.2, 0.25) is 0 Å². The van der Waals surface area contributed by atoms with Crippen molar-refractivity contribution >= 4 is 11.6 Å². The molecule has 0 radical (unpaired) electrons. The molecule has 0 amide bonds. The van der Waals surface area contributed by atoms with Gasteiger partial charge in [-0.2, -0.15) is 0 Å². The smallest absolute Gasteiger partial charge is 0.000580 e. The van der Waals surface area contributed by atoms with Crippen LogP contribution in [-0.4, -0.2) is 0 Å². The van der Waals surface area contributed by atoms with Gasteiger partial charge in [0.1, 0.15) is 0 Å². The van der Waals surface area contributed by atoms with Crippen molar-refractivity contribution in [2.24, 2.45) is 0 Å². The zero-order valence-electron chi connectivity index (χ0n) is 6.55. The van der Waals surface area contributed by atoms with Crippen LogP contribution in [0.1, 0.15) is 11.1 Å². The predicted octanol–water partition coefficient (Wildman–Crippen LogP) is 3.29. The lowest BCUT2D eigenvalue weighted by Crippen LogP contribution is -1.80. The van der Waals surface area contributed by atoms with E-state index in [0.29, 0.717) is 0 Å². The lowest BCUT2D eigenvalue weighted by Gasteiger charge is -1.96. The molecule has 0 unspecified atom stereocenters. The Hall–Kier alpha value is -0.750. The second-order valence-electron chi connectivity index (χ2n) is 2.55. The molecule has 0 atom stereocenters. The quantitative estimate of drug-likeness (QED) is 0.633. The molecule has 0 bridgehead atoms. The van der Waals surface area contributed by atoms with Gasteiger partial charge < -0.3 is 0 Å². The molecule has 0 aromatic heterocycles. The predicted molar refractivity (Wildman–Crippen MR) is 49.9 cm³/mol. The summed E-state index contributed by atoms with van der Waals surface area (Å²) >= 11 is 5.41. The van der Waals surface area contributed by atoms with E-state index in [9.17, 15) is 0 Å². The van der Waals surface area contributed by atoms with Crippen LogP contribution in [-0.2, 0) is 6.42 Å². The average molecular weight is 167 g/mol. The topological polar surface area (TPSA) is 0 Å². The monoisotopic (exact) mass is 166 g/mol. The van der Waals surface area contributed by atoms with Gasteiger partial charge in [-0.3, -0.25) is 0 Å². The minimum atomic E-state index is 0.922. The molecule has 0 heterocycles. The van der Waals surface area contributed by atoms with Crippen LogP contribution in [0.4, 0.5) is 0 Å². The van der Waals surface area contributed by atoms with Gasteiger partial charge in [0.25, 0.3) is 0 Å². The number of hydrogen-bond donors (Lipinski definition) is 0. The van der Waals surface area contributed by atoms with Crippen LogP contribution in [0.5, 0.6) is 0 Å². The lowest BCUT2D eigenvalue weighted by molar-refractivity contribution is 1.25. The van der Waals surface area contributed by atoms with Gasteiger partial charge in [-0.05, 0) is 18.9 Å². The van der Waals surface area contributed by atoms with Crippen LogP contribution < -0.4 is 0 Å². The molecule has 0 saturated heterocycles. The standard InChI is InChI=1S/C10H11Cl/c1-9-4-2-5-10(8-9)6-3-7-11/h2-5,7-8H,6H2,1H3. The van der Waals surface area contributed by atoms with E-state index in [1.807, 2.05) is 6.08 Å². The van der Waals surface area contributed by atoms with Crippen molar-refractivity contribution in [3.63, 3.8) is 0 Å². The third-order valence-corrected chi connectivity index (χ3v) is 1.70. The van der Waals surface area contributed by atoms with Crippen LogP contribution in [0.15, 0.2) is 35.9 Å². The summed E-state index contributed by atoms with van der Waals surface area (Å²) in [6.07, 6.45) is 2.86. The summed E-state index contributed by atoms with van der Waals surface area (Å²) in [5, 5.41) is 0. The molecule has 0 fully saturated rings. The van der Waals surface area contributed by atoms with Crippen molar-refractivity contribution < 1.29 is 0 Å². The van der Waals surface area contributed by atoms with Gasteiger partial charge in [0.2, 0.25) is 0 Å². The largest absolute Gasteiger partial charge is 0.0933 e. The Bertz CT molecular complexity index is 251. The molecule has 11 heavy (non-hydrogen) atoms. The number of allylic oxidation sites excluding steroid dienone is 1. The molecule has 0 saturated carbocycles. The molecule has 1 aromatic carbocycles. The molecule has 1 aromatic rings. The maximum atomic E-state index is 5.41. The minimum Gasteiger partial charge on any atom is -0.0933 e. The van der Waals surface area contributed by atoms with E-state index in [0.717, 1.165) is 6.42 Å². The summed E-state index contributed by atoms with van der Waals surface area (Å²) in [5.74, 6) is 0. The second kappa shape index (κ2) is 4.20. The number of benzene rings is 1. The molecule has 0 aliphatic rings. The normalized spacial score (nSPS) is 10.7. The summed E-state index contributed by atoms with van der Waals surface area (Å²) in [6, 6.07) is 8.42. The Morgan fingerprint density at radius 2 is 2.27 bits per heavy atom. The van der Waals surface area contributed by atoms with E-state index < -0.39 is 0 Å². The molecule has 1 heteroatoms. The molecule has 0 aliphatic heterocycles. The number of rotatable bonds is 2. The maximum absolute atomic E-state index is 5.41. The Labute approximate surface area is 72.5 Å². The highest BCUT2D eigenvalue weighted by Gasteiger charge is 1.88. The number of halogens is 1. The molecular weight excluding hydrogens is 156 g/mol. The van der Waals surface area contributed by atoms with Gasteiger partial charge in [0.15, 0.2) is 0 Å². The van der Waals surface area contributed by atoms with E-state index in [-0.39, 0.29) is 0 Å². The summed E-state index contributed by atoms with van der Waals surface area (Å²) in [6.45, 7) is 2.09. The van der Waals surface area contributed by atoms with Crippen LogP contribution in [0.3, 0.4) is 0 Å². The molecule has 0 N–H and O–H groups in total. The van der Waals surface area contributed by atoms with Crippen LogP contribution in [0.25, 0.3) is 0 Å². The Balaban J connectivity index is 2.71. The van der Waals surface area contributed by atoms with Crippen LogP contribution in [0, 0.1) is 6.92 Å². The first-order valence-electron chi connectivity index (χ1n) is 3.63. The van der Waals surface area contributed by atoms with E-state index in [4.69, 9.17) is 11.6 Å². The zero-order chi connectivity index (χ0) is 8.10. The summed E-state index contributed by atoms with van der Waals surface area (Å²) in [4.78, 5) is 0. The van der Waals surface area contributed by atoms with Crippen molar-refractivity contribution in [1.29, 1.82) is 0 Å². The lowest BCUT2D eigenvalue weighted by atomic mass is 10.1. The van der Waals surface area contributed by atoms with Gasteiger partial charge in [0.05, 0.1) is 0 Å². The highest BCUT2D eigenvalue weighted by molar-refractivity contribution is 6.25. The van der Waals surface area contributed by atoms with E-state index in [1.54, 1.807) is 5.54 Å². The highest BCUT2D eigenvalue weighted by Crippen LogP contribution is 2.05. The van der Waals surface area contributed by atoms with Gasteiger partial charge >= 0.3 is 0 Å². The van der Waals surface area contributed by atoms with Crippen LogP contribution >= 0.6 is 11.6 Å². The molecule has 0 spiro atoms. The van der Waals surface area contributed by atoms with E-state index in [2.05, 4.69) is 31.2 Å². The first-order chi connectivity index (χ1) is 5.33. The SMILES string of the molecule is Cc1cccc(CC=CCl)c1.